The van der Waals surface area contributed by atoms with Crippen molar-refractivity contribution in [1.82, 2.24) is 0 Å². The summed E-state index contributed by atoms with van der Waals surface area (Å²) in [5, 5.41) is 8.52. The first-order chi connectivity index (χ1) is 6.15. The van der Waals surface area contributed by atoms with E-state index in [4.69, 9.17) is 5.26 Å². The highest BCUT2D eigenvalue weighted by molar-refractivity contribution is 9.09. The van der Waals surface area contributed by atoms with Gasteiger partial charge in [-0.05, 0) is 5.56 Å². The first-order valence-corrected chi connectivity index (χ1v) is 4.48. The molecule has 0 aliphatic carbocycles. The molecule has 68 valence electrons. The van der Waals surface area contributed by atoms with Gasteiger partial charge in [-0.1, -0.05) is 40.2 Å². The Morgan fingerprint density at radius 3 is 2.00 bits per heavy atom. The summed E-state index contributed by atoms with van der Waals surface area (Å²) < 4.78 is 24.2. The molecule has 0 heterocycles. The molecule has 1 aromatic carbocycles. The second kappa shape index (κ2) is 4.33. The van der Waals surface area contributed by atoms with Crippen LogP contribution in [0, 0.1) is 11.3 Å². The Labute approximate surface area is 83.1 Å². The Balaban J connectivity index is 2.89. The molecule has 0 aliphatic heterocycles. The minimum atomic E-state index is -2.45. The van der Waals surface area contributed by atoms with Crippen LogP contribution in [0.15, 0.2) is 24.3 Å². The predicted octanol–water partition coefficient (Wildman–Crippen LogP) is 3.58. The number of nitrogens with zero attached hydrogens (tertiary/aromatic N) is 1. The van der Waals surface area contributed by atoms with E-state index in [0.717, 1.165) is 0 Å². The summed E-state index contributed by atoms with van der Waals surface area (Å²) >= 11 is 3.10. The van der Waals surface area contributed by atoms with Crippen molar-refractivity contribution < 1.29 is 8.78 Å². The van der Waals surface area contributed by atoms with E-state index in [1.54, 1.807) is 0 Å². The Bertz CT molecular complexity index is 315. The van der Waals surface area contributed by atoms with Crippen LogP contribution >= 0.6 is 15.9 Å². The fourth-order valence-corrected chi connectivity index (χ4v) is 1.19. The molecular formula is C9H6BrF2N. The van der Waals surface area contributed by atoms with E-state index >= 15 is 0 Å². The maximum absolute atomic E-state index is 12.1. The molecule has 1 aromatic rings. The van der Waals surface area contributed by atoms with Crippen LogP contribution in [0.4, 0.5) is 8.78 Å². The van der Waals surface area contributed by atoms with Gasteiger partial charge in [-0.2, -0.15) is 5.26 Å². The number of hydrogen-bond donors (Lipinski definition) is 0. The van der Waals surface area contributed by atoms with E-state index in [9.17, 15) is 8.78 Å². The van der Waals surface area contributed by atoms with Crippen molar-refractivity contribution in [1.29, 1.82) is 5.26 Å². The van der Waals surface area contributed by atoms with Crippen molar-refractivity contribution >= 4 is 15.9 Å². The van der Waals surface area contributed by atoms with Crippen LogP contribution in [-0.2, 0) is 0 Å². The maximum atomic E-state index is 12.1. The summed E-state index contributed by atoms with van der Waals surface area (Å²) in [7, 11) is 0. The summed E-state index contributed by atoms with van der Waals surface area (Å²) in [6.45, 7) is 0. The smallest absolute Gasteiger partial charge is 0.205 e. The van der Waals surface area contributed by atoms with E-state index in [1.165, 1.54) is 24.3 Å². The normalized spacial score (nSPS) is 12.5. The molecular weight excluding hydrogens is 240 g/mol. The summed E-state index contributed by atoms with van der Waals surface area (Å²) in [5.74, 6) is 0. The lowest BCUT2D eigenvalue weighted by Gasteiger charge is -2.02. The molecule has 0 spiro atoms. The van der Waals surface area contributed by atoms with Gasteiger partial charge in [-0.3, -0.25) is 0 Å². The zero-order valence-electron chi connectivity index (χ0n) is 6.55. The molecule has 13 heavy (non-hydrogen) atoms. The van der Waals surface area contributed by atoms with Gasteiger partial charge >= 0.3 is 0 Å². The largest absolute Gasteiger partial charge is 0.263 e. The fourth-order valence-electron chi connectivity index (χ4n) is 0.885. The second-order valence-electron chi connectivity index (χ2n) is 2.46. The van der Waals surface area contributed by atoms with Gasteiger partial charge in [-0.25, -0.2) is 8.78 Å². The summed E-state index contributed by atoms with van der Waals surface area (Å²) in [6, 6.07) is 7.65. The topological polar surface area (TPSA) is 23.8 Å². The average Bonchev–Trinajstić information content (AvgIpc) is 2.17. The number of halogens is 3. The molecule has 1 atom stereocenters. The third kappa shape index (κ3) is 2.49. The minimum absolute atomic E-state index is 0.0265. The quantitative estimate of drug-likeness (QED) is 0.731. The molecule has 0 saturated carbocycles. The molecule has 0 saturated heterocycles. The zero-order valence-corrected chi connectivity index (χ0v) is 8.13. The van der Waals surface area contributed by atoms with E-state index < -0.39 is 11.3 Å². The van der Waals surface area contributed by atoms with Gasteiger partial charge in [0, 0.05) is 5.56 Å². The molecule has 4 heteroatoms. The fraction of sp³-hybridized carbons (Fsp3) is 0.222. The van der Waals surface area contributed by atoms with Crippen LogP contribution in [0.2, 0.25) is 0 Å². The highest BCUT2D eigenvalue weighted by atomic mass is 79.9. The molecule has 0 N–H and O–H groups in total. The third-order valence-electron chi connectivity index (χ3n) is 1.59. The monoisotopic (exact) mass is 245 g/mol. The van der Waals surface area contributed by atoms with Crippen molar-refractivity contribution in [3.63, 3.8) is 0 Å². The summed E-state index contributed by atoms with van der Waals surface area (Å²) in [4.78, 5) is -0.431. The number of hydrogen-bond acceptors (Lipinski definition) is 1. The number of rotatable bonds is 2. The number of nitriles is 1. The Kier molecular flexibility index (Phi) is 3.38. The number of alkyl halides is 3. The van der Waals surface area contributed by atoms with Crippen LogP contribution in [0.3, 0.4) is 0 Å². The van der Waals surface area contributed by atoms with Gasteiger partial charge in [0.05, 0.1) is 6.07 Å². The Morgan fingerprint density at radius 2 is 1.62 bits per heavy atom. The van der Waals surface area contributed by atoms with Crippen LogP contribution in [0.25, 0.3) is 0 Å². The molecule has 0 fully saturated rings. The molecule has 1 nitrogen and oxygen atoms in total. The van der Waals surface area contributed by atoms with E-state index in [-0.39, 0.29) is 5.56 Å². The molecule has 0 aliphatic rings. The van der Waals surface area contributed by atoms with Crippen molar-refractivity contribution in [2.75, 3.05) is 0 Å². The van der Waals surface area contributed by atoms with Gasteiger partial charge in [0.15, 0.2) is 0 Å². The van der Waals surface area contributed by atoms with Crippen molar-refractivity contribution in [3.05, 3.63) is 35.4 Å². The Hall–Kier alpha value is -0.950. The molecule has 1 rings (SSSR count). The van der Waals surface area contributed by atoms with E-state index in [1.807, 2.05) is 6.07 Å². The Morgan fingerprint density at radius 1 is 1.15 bits per heavy atom. The van der Waals surface area contributed by atoms with Gasteiger partial charge in [-0.15, -0.1) is 0 Å². The molecule has 0 amide bonds. The average molecular weight is 246 g/mol. The second-order valence-corrected chi connectivity index (χ2v) is 3.37. The molecule has 0 bridgehead atoms. The van der Waals surface area contributed by atoms with Gasteiger partial charge in [0.2, 0.25) is 0 Å². The molecule has 0 radical (unpaired) electrons. The standard InChI is InChI=1S/C9H6BrF2N/c10-8(5-13)6-1-3-7(4-2-6)9(11)12/h1-4,8-9H. The highest BCUT2D eigenvalue weighted by Gasteiger charge is 2.08. The maximum Gasteiger partial charge on any atom is 0.263 e. The highest BCUT2D eigenvalue weighted by Crippen LogP contribution is 2.24. The lowest BCUT2D eigenvalue weighted by Crippen LogP contribution is -1.88. The van der Waals surface area contributed by atoms with Crippen molar-refractivity contribution in [3.8, 4) is 6.07 Å². The SMILES string of the molecule is N#CC(Br)c1ccc(C(F)F)cc1. The van der Waals surface area contributed by atoms with Gasteiger partial charge < -0.3 is 0 Å². The van der Waals surface area contributed by atoms with Crippen LogP contribution < -0.4 is 0 Å². The number of benzene rings is 1. The minimum Gasteiger partial charge on any atom is -0.205 e. The van der Waals surface area contributed by atoms with Crippen LogP contribution in [0.1, 0.15) is 22.4 Å². The van der Waals surface area contributed by atoms with Gasteiger partial charge in [0.1, 0.15) is 4.83 Å². The summed E-state index contributed by atoms with van der Waals surface area (Å²) in [6.07, 6.45) is -2.45. The van der Waals surface area contributed by atoms with Crippen molar-refractivity contribution in [2.24, 2.45) is 0 Å². The zero-order chi connectivity index (χ0) is 9.84. The third-order valence-corrected chi connectivity index (χ3v) is 2.33. The summed E-state index contributed by atoms with van der Waals surface area (Å²) in [5.41, 5.74) is 0.660. The van der Waals surface area contributed by atoms with Crippen LogP contribution in [0.5, 0.6) is 0 Å². The first kappa shape index (κ1) is 10.1. The first-order valence-electron chi connectivity index (χ1n) is 3.57. The lowest BCUT2D eigenvalue weighted by molar-refractivity contribution is 0.151. The lowest BCUT2D eigenvalue weighted by atomic mass is 10.1. The van der Waals surface area contributed by atoms with Crippen LogP contribution in [-0.4, -0.2) is 0 Å². The van der Waals surface area contributed by atoms with Gasteiger partial charge in [0.25, 0.3) is 6.43 Å². The van der Waals surface area contributed by atoms with E-state index in [0.29, 0.717) is 5.56 Å². The van der Waals surface area contributed by atoms with E-state index in [2.05, 4.69) is 15.9 Å². The molecule has 0 aromatic heterocycles. The molecule has 1 unspecified atom stereocenters. The predicted molar refractivity (Wildman–Crippen MR) is 48.7 cm³/mol. The van der Waals surface area contributed by atoms with Crippen molar-refractivity contribution in [2.45, 2.75) is 11.3 Å².